The lowest BCUT2D eigenvalue weighted by molar-refractivity contribution is 0.00638. The number of aliphatic hydroxyl groups excluding tert-OH is 1. The first-order valence-corrected chi connectivity index (χ1v) is 9.41. The number of benzene rings is 1. The fourth-order valence-electron chi connectivity index (χ4n) is 2.24. The smallest absolute Gasteiger partial charge is 0.358 e. The zero-order chi connectivity index (χ0) is 18.3. The van der Waals surface area contributed by atoms with Crippen molar-refractivity contribution >= 4 is 23.0 Å². The lowest BCUT2D eigenvalue weighted by Gasteiger charge is -2.18. The van der Waals surface area contributed by atoms with Crippen LogP contribution in [-0.2, 0) is 4.74 Å². The highest BCUT2D eigenvalue weighted by molar-refractivity contribution is 7.13. The van der Waals surface area contributed by atoms with Gasteiger partial charge in [-0.2, -0.15) is 0 Å². The summed E-state index contributed by atoms with van der Waals surface area (Å²) in [5, 5.41) is 14.7. The van der Waals surface area contributed by atoms with Crippen molar-refractivity contribution in [1.29, 1.82) is 0 Å². The first-order valence-electron chi connectivity index (χ1n) is 8.53. The Morgan fingerprint density at radius 3 is 2.80 bits per heavy atom. The highest BCUT2D eigenvalue weighted by Crippen LogP contribution is 2.27. The van der Waals surface area contributed by atoms with Gasteiger partial charge >= 0.3 is 5.97 Å². The molecule has 1 heterocycles. The maximum Gasteiger partial charge on any atom is 0.358 e. The fourth-order valence-corrected chi connectivity index (χ4v) is 3.03. The van der Waals surface area contributed by atoms with Gasteiger partial charge in [0, 0.05) is 29.8 Å². The number of carbonyl (C=O) groups is 1. The van der Waals surface area contributed by atoms with Crippen LogP contribution < -0.4 is 5.32 Å². The first kappa shape index (κ1) is 19.4. The normalized spacial score (nSPS) is 11.4. The van der Waals surface area contributed by atoms with Crippen molar-refractivity contribution in [1.82, 2.24) is 4.98 Å². The summed E-state index contributed by atoms with van der Waals surface area (Å²) in [6, 6.07) is 8.00. The van der Waals surface area contributed by atoms with Gasteiger partial charge in [-0.25, -0.2) is 9.78 Å². The monoisotopic (exact) mass is 362 g/mol. The van der Waals surface area contributed by atoms with Crippen molar-refractivity contribution in [3.63, 3.8) is 0 Å². The number of esters is 1. The minimum atomic E-state index is -0.527. The summed E-state index contributed by atoms with van der Waals surface area (Å²) < 4.78 is 5.36. The van der Waals surface area contributed by atoms with E-state index in [0.29, 0.717) is 5.69 Å². The SMILES string of the molecule is CC(C)(C)OC(=O)c1csc(-c2cccc(NCCCCCO)c2)n1. The van der Waals surface area contributed by atoms with E-state index in [-0.39, 0.29) is 6.61 Å². The number of anilines is 1. The van der Waals surface area contributed by atoms with Crippen LogP contribution >= 0.6 is 11.3 Å². The van der Waals surface area contributed by atoms with E-state index in [1.165, 1.54) is 11.3 Å². The second kappa shape index (κ2) is 8.97. The number of rotatable bonds is 8. The molecule has 2 N–H and O–H groups in total. The molecule has 2 aromatic rings. The number of ether oxygens (including phenoxy) is 1. The lowest BCUT2D eigenvalue weighted by atomic mass is 10.2. The molecule has 5 nitrogen and oxygen atoms in total. The van der Waals surface area contributed by atoms with Crippen LogP contribution in [0.5, 0.6) is 0 Å². The zero-order valence-electron chi connectivity index (χ0n) is 15.0. The summed E-state index contributed by atoms with van der Waals surface area (Å²) in [6.07, 6.45) is 2.87. The van der Waals surface area contributed by atoms with Gasteiger partial charge in [0.05, 0.1) is 0 Å². The summed E-state index contributed by atoms with van der Waals surface area (Å²) in [4.78, 5) is 16.5. The molecule has 0 unspecified atom stereocenters. The molecule has 2 rings (SSSR count). The van der Waals surface area contributed by atoms with E-state index in [2.05, 4.69) is 10.3 Å². The average molecular weight is 362 g/mol. The van der Waals surface area contributed by atoms with Crippen molar-refractivity contribution in [3.8, 4) is 10.6 Å². The third-order valence-corrected chi connectivity index (χ3v) is 4.28. The maximum absolute atomic E-state index is 12.1. The van der Waals surface area contributed by atoms with Crippen LogP contribution in [0.15, 0.2) is 29.6 Å². The second-order valence-corrected chi connectivity index (χ2v) is 7.69. The molecule has 0 bridgehead atoms. The van der Waals surface area contributed by atoms with Crippen molar-refractivity contribution < 1.29 is 14.6 Å². The highest BCUT2D eigenvalue weighted by Gasteiger charge is 2.20. The Balaban J connectivity index is 2.00. The lowest BCUT2D eigenvalue weighted by Crippen LogP contribution is -2.24. The molecule has 136 valence electrons. The van der Waals surface area contributed by atoms with Gasteiger partial charge in [-0.3, -0.25) is 0 Å². The molecule has 0 amide bonds. The van der Waals surface area contributed by atoms with Crippen molar-refractivity contribution in [2.75, 3.05) is 18.5 Å². The first-order chi connectivity index (χ1) is 11.9. The number of unbranched alkanes of at least 4 members (excludes halogenated alkanes) is 2. The summed E-state index contributed by atoms with van der Waals surface area (Å²) in [7, 11) is 0. The summed E-state index contributed by atoms with van der Waals surface area (Å²) in [6.45, 7) is 6.64. The second-order valence-electron chi connectivity index (χ2n) is 6.83. The van der Waals surface area contributed by atoms with Gasteiger partial charge in [0.1, 0.15) is 10.6 Å². The number of aliphatic hydroxyl groups is 1. The topological polar surface area (TPSA) is 71.5 Å². The van der Waals surface area contributed by atoms with Crippen LogP contribution in [-0.4, -0.2) is 34.8 Å². The number of hydrogen-bond acceptors (Lipinski definition) is 6. The Labute approximate surface area is 153 Å². The van der Waals surface area contributed by atoms with Gasteiger partial charge in [0.2, 0.25) is 0 Å². The summed E-state index contributed by atoms with van der Waals surface area (Å²) >= 11 is 1.43. The quantitative estimate of drug-likeness (QED) is 0.540. The molecular weight excluding hydrogens is 336 g/mol. The standard InChI is InChI=1S/C19H26N2O3S/c1-19(2,3)24-18(23)16-13-25-17(21-16)14-8-7-9-15(12-14)20-10-5-4-6-11-22/h7-9,12-13,20,22H,4-6,10-11H2,1-3H3. The van der Waals surface area contributed by atoms with Crippen LogP contribution in [0.2, 0.25) is 0 Å². The minimum Gasteiger partial charge on any atom is -0.455 e. The Morgan fingerprint density at radius 1 is 1.28 bits per heavy atom. The predicted octanol–water partition coefficient (Wildman–Crippen LogP) is 4.34. The van der Waals surface area contributed by atoms with Gasteiger partial charge in [0.15, 0.2) is 5.69 Å². The molecule has 0 fully saturated rings. The molecule has 0 saturated carbocycles. The molecule has 0 aliphatic heterocycles. The van der Waals surface area contributed by atoms with Gasteiger partial charge in [-0.05, 0) is 52.2 Å². The molecule has 0 aliphatic carbocycles. The number of hydrogen-bond donors (Lipinski definition) is 2. The summed E-state index contributed by atoms with van der Waals surface area (Å²) in [5.74, 6) is -0.395. The minimum absolute atomic E-state index is 0.250. The van der Waals surface area contributed by atoms with Crippen LogP contribution in [0.1, 0.15) is 50.5 Å². The van der Waals surface area contributed by atoms with E-state index in [0.717, 1.165) is 42.1 Å². The fraction of sp³-hybridized carbons (Fsp3) is 0.474. The third-order valence-electron chi connectivity index (χ3n) is 3.39. The molecule has 1 aromatic heterocycles. The number of thiazole rings is 1. The number of carbonyl (C=O) groups excluding carboxylic acids is 1. The number of nitrogens with one attached hydrogen (secondary N) is 1. The molecular formula is C19H26N2O3S. The molecule has 0 atom stereocenters. The molecule has 0 aliphatic rings. The van der Waals surface area contributed by atoms with E-state index in [1.807, 2.05) is 45.0 Å². The van der Waals surface area contributed by atoms with E-state index >= 15 is 0 Å². The van der Waals surface area contributed by atoms with E-state index in [1.54, 1.807) is 5.38 Å². The molecule has 6 heteroatoms. The molecule has 0 spiro atoms. The Morgan fingerprint density at radius 2 is 2.08 bits per heavy atom. The average Bonchev–Trinajstić information content (AvgIpc) is 3.04. The Kier molecular flexibility index (Phi) is 6.96. The van der Waals surface area contributed by atoms with E-state index in [9.17, 15) is 4.79 Å². The zero-order valence-corrected chi connectivity index (χ0v) is 15.9. The predicted molar refractivity (Wildman–Crippen MR) is 102 cm³/mol. The maximum atomic E-state index is 12.1. The molecule has 25 heavy (non-hydrogen) atoms. The van der Waals surface area contributed by atoms with Crippen molar-refractivity contribution in [2.24, 2.45) is 0 Å². The van der Waals surface area contributed by atoms with E-state index < -0.39 is 11.6 Å². The third kappa shape index (κ3) is 6.48. The van der Waals surface area contributed by atoms with Gasteiger partial charge in [-0.1, -0.05) is 12.1 Å². The van der Waals surface area contributed by atoms with Gasteiger partial charge in [0.25, 0.3) is 0 Å². The van der Waals surface area contributed by atoms with Gasteiger partial charge < -0.3 is 15.2 Å². The van der Waals surface area contributed by atoms with Crippen LogP contribution in [0.3, 0.4) is 0 Å². The number of nitrogens with zero attached hydrogens (tertiary/aromatic N) is 1. The van der Waals surface area contributed by atoms with Crippen LogP contribution in [0, 0.1) is 0 Å². The van der Waals surface area contributed by atoms with Gasteiger partial charge in [-0.15, -0.1) is 11.3 Å². The highest BCUT2D eigenvalue weighted by atomic mass is 32.1. The van der Waals surface area contributed by atoms with E-state index in [4.69, 9.17) is 9.84 Å². The Hall–Kier alpha value is -1.92. The number of aromatic nitrogens is 1. The molecule has 0 radical (unpaired) electrons. The van der Waals surface area contributed by atoms with Crippen LogP contribution in [0.25, 0.3) is 10.6 Å². The van der Waals surface area contributed by atoms with Crippen LogP contribution in [0.4, 0.5) is 5.69 Å². The van der Waals surface area contributed by atoms with Crippen molar-refractivity contribution in [2.45, 2.75) is 45.6 Å². The Bertz CT molecular complexity index is 692. The largest absolute Gasteiger partial charge is 0.455 e. The van der Waals surface area contributed by atoms with Crippen molar-refractivity contribution in [3.05, 3.63) is 35.3 Å². The summed E-state index contributed by atoms with van der Waals surface area (Å²) in [5.41, 5.74) is 1.81. The molecule has 0 saturated heterocycles. The molecule has 1 aromatic carbocycles.